The molecule has 0 spiro atoms. The van der Waals surface area contributed by atoms with E-state index in [1.165, 1.54) is 18.5 Å². The van der Waals surface area contributed by atoms with Crippen molar-refractivity contribution >= 4 is 28.9 Å². The Balaban J connectivity index is 1.65. The normalized spacial score (nSPS) is 15.4. The maximum absolute atomic E-state index is 12.3. The Kier molecular flexibility index (Phi) is 5.10. The Morgan fingerprint density at radius 1 is 1.12 bits per heavy atom. The van der Waals surface area contributed by atoms with E-state index in [1.54, 1.807) is 12.1 Å². The Hall–Kier alpha value is -2.00. The number of hydrogen-bond acceptors (Lipinski definition) is 2. The standard InChI is InChI=1S/C20H23ClN2O/c1-14-9-11-23(12-10-14)18-7-5-17(6-8-18)22-20(24)16-4-3-15(2)19(21)13-16/h3-8,13-14H,9-12H2,1-2H3,(H,22,24). The van der Waals surface area contributed by atoms with Crippen molar-refractivity contribution in [2.75, 3.05) is 23.3 Å². The van der Waals surface area contributed by atoms with E-state index in [2.05, 4.69) is 29.3 Å². The second-order valence-electron chi connectivity index (χ2n) is 6.63. The molecule has 1 amide bonds. The molecule has 0 aliphatic carbocycles. The number of carbonyl (C=O) groups is 1. The number of amides is 1. The zero-order valence-electron chi connectivity index (χ0n) is 14.2. The molecule has 2 aromatic rings. The van der Waals surface area contributed by atoms with E-state index in [0.29, 0.717) is 10.6 Å². The Labute approximate surface area is 148 Å². The van der Waals surface area contributed by atoms with Crippen molar-refractivity contribution in [1.29, 1.82) is 0 Å². The molecule has 1 saturated heterocycles. The summed E-state index contributed by atoms with van der Waals surface area (Å²) in [6.45, 7) is 6.45. The number of rotatable bonds is 3. The van der Waals surface area contributed by atoms with Crippen molar-refractivity contribution in [3.8, 4) is 0 Å². The Morgan fingerprint density at radius 2 is 1.79 bits per heavy atom. The fraction of sp³-hybridized carbons (Fsp3) is 0.350. The van der Waals surface area contributed by atoms with Crippen molar-refractivity contribution in [2.45, 2.75) is 26.7 Å². The lowest BCUT2D eigenvalue weighted by Gasteiger charge is -2.32. The van der Waals surface area contributed by atoms with Gasteiger partial charge in [-0.25, -0.2) is 0 Å². The fourth-order valence-electron chi connectivity index (χ4n) is 2.96. The van der Waals surface area contributed by atoms with Crippen LogP contribution in [0.1, 0.15) is 35.7 Å². The van der Waals surface area contributed by atoms with Crippen LogP contribution in [0.4, 0.5) is 11.4 Å². The first-order valence-corrected chi connectivity index (χ1v) is 8.83. The summed E-state index contributed by atoms with van der Waals surface area (Å²) >= 11 is 6.09. The number of anilines is 2. The molecule has 1 heterocycles. The number of halogens is 1. The van der Waals surface area contributed by atoms with Gasteiger partial charge in [-0.15, -0.1) is 0 Å². The molecule has 0 radical (unpaired) electrons. The molecule has 1 aliphatic heterocycles. The van der Waals surface area contributed by atoms with Gasteiger partial charge in [0.2, 0.25) is 0 Å². The van der Waals surface area contributed by atoms with Crippen LogP contribution in [0.3, 0.4) is 0 Å². The minimum atomic E-state index is -0.142. The molecule has 0 atom stereocenters. The first kappa shape index (κ1) is 16.8. The second-order valence-corrected chi connectivity index (χ2v) is 7.04. The third-order valence-corrected chi connectivity index (χ3v) is 5.12. The van der Waals surface area contributed by atoms with Crippen molar-refractivity contribution in [3.63, 3.8) is 0 Å². The maximum Gasteiger partial charge on any atom is 0.255 e. The molecule has 0 unspecified atom stereocenters. The van der Waals surface area contributed by atoms with Crippen molar-refractivity contribution in [2.24, 2.45) is 5.92 Å². The molecule has 1 N–H and O–H groups in total. The number of nitrogens with one attached hydrogen (secondary N) is 1. The molecule has 4 heteroatoms. The van der Waals surface area contributed by atoms with Crippen LogP contribution in [-0.2, 0) is 0 Å². The summed E-state index contributed by atoms with van der Waals surface area (Å²) in [5.74, 6) is 0.678. The van der Waals surface area contributed by atoms with E-state index >= 15 is 0 Å². The Morgan fingerprint density at radius 3 is 2.42 bits per heavy atom. The lowest BCUT2D eigenvalue weighted by Crippen LogP contribution is -2.32. The van der Waals surface area contributed by atoms with Crippen molar-refractivity contribution < 1.29 is 4.79 Å². The number of piperidine rings is 1. The second kappa shape index (κ2) is 7.27. The van der Waals surface area contributed by atoms with Gasteiger partial charge in [-0.05, 0) is 67.6 Å². The SMILES string of the molecule is Cc1ccc(C(=O)Nc2ccc(N3CCC(C)CC3)cc2)cc1Cl. The molecule has 126 valence electrons. The van der Waals surface area contributed by atoms with Crippen molar-refractivity contribution in [3.05, 3.63) is 58.6 Å². The minimum absolute atomic E-state index is 0.142. The van der Waals surface area contributed by atoms with Crippen LogP contribution in [0, 0.1) is 12.8 Å². The highest BCUT2D eigenvalue weighted by atomic mass is 35.5. The summed E-state index contributed by atoms with van der Waals surface area (Å²) in [6.07, 6.45) is 2.49. The van der Waals surface area contributed by atoms with E-state index in [9.17, 15) is 4.79 Å². The van der Waals surface area contributed by atoms with E-state index in [4.69, 9.17) is 11.6 Å². The van der Waals surface area contributed by atoms with Gasteiger partial charge in [0.1, 0.15) is 0 Å². The van der Waals surface area contributed by atoms with Gasteiger partial charge >= 0.3 is 0 Å². The number of benzene rings is 2. The molecule has 0 aromatic heterocycles. The van der Waals surface area contributed by atoms with Crippen LogP contribution in [0.15, 0.2) is 42.5 Å². The van der Waals surface area contributed by atoms with Crippen molar-refractivity contribution in [1.82, 2.24) is 0 Å². The predicted octanol–water partition coefficient (Wildman–Crippen LogP) is 5.14. The third kappa shape index (κ3) is 3.90. The number of aryl methyl sites for hydroxylation is 1. The lowest BCUT2D eigenvalue weighted by molar-refractivity contribution is 0.102. The molecular weight excluding hydrogens is 320 g/mol. The Bertz CT molecular complexity index is 719. The summed E-state index contributed by atoms with van der Waals surface area (Å²) in [6, 6.07) is 13.4. The molecule has 1 fully saturated rings. The van der Waals surface area contributed by atoms with Crippen LogP contribution < -0.4 is 10.2 Å². The highest BCUT2D eigenvalue weighted by molar-refractivity contribution is 6.31. The van der Waals surface area contributed by atoms with E-state index < -0.39 is 0 Å². The lowest BCUT2D eigenvalue weighted by atomic mass is 9.99. The van der Waals surface area contributed by atoms with Gasteiger partial charge in [-0.1, -0.05) is 24.6 Å². The summed E-state index contributed by atoms with van der Waals surface area (Å²) in [5, 5.41) is 3.53. The molecule has 3 rings (SSSR count). The molecule has 24 heavy (non-hydrogen) atoms. The molecule has 0 bridgehead atoms. The highest BCUT2D eigenvalue weighted by Gasteiger charge is 2.16. The molecular formula is C20H23ClN2O. The molecule has 0 saturated carbocycles. The van der Waals surface area contributed by atoms with Crippen LogP contribution in [0.5, 0.6) is 0 Å². The number of hydrogen-bond donors (Lipinski definition) is 1. The predicted molar refractivity (Wildman–Crippen MR) is 101 cm³/mol. The summed E-state index contributed by atoms with van der Waals surface area (Å²) in [5.41, 5.74) is 3.55. The van der Waals surface area contributed by atoms with Gasteiger partial charge in [-0.2, -0.15) is 0 Å². The number of nitrogens with zero attached hydrogens (tertiary/aromatic N) is 1. The molecule has 3 nitrogen and oxygen atoms in total. The first-order chi connectivity index (χ1) is 11.5. The van der Waals surface area contributed by atoms with Gasteiger partial charge in [0.15, 0.2) is 0 Å². The number of carbonyl (C=O) groups excluding carboxylic acids is 1. The van der Waals surface area contributed by atoms with E-state index in [-0.39, 0.29) is 5.91 Å². The van der Waals surface area contributed by atoms with E-state index in [0.717, 1.165) is 30.3 Å². The van der Waals surface area contributed by atoms with Crippen LogP contribution in [0.2, 0.25) is 5.02 Å². The van der Waals surface area contributed by atoms with Crippen LogP contribution in [-0.4, -0.2) is 19.0 Å². The van der Waals surface area contributed by atoms with Gasteiger partial charge in [0, 0.05) is 35.1 Å². The quantitative estimate of drug-likeness (QED) is 0.837. The monoisotopic (exact) mass is 342 g/mol. The maximum atomic E-state index is 12.3. The van der Waals surface area contributed by atoms with E-state index in [1.807, 2.05) is 25.1 Å². The molecule has 2 aromatic carbocycles. The summed E-state index contributed by atoms with van der Waals surface area (Å²) < 4.78 is 0. The zero-order valence-corrected chi connectivity index (χ0v) is 14.9. The summed E-state index contributed by atoms with van der Waals surface area (Å²) in [4.78, 5) is 14.7. The smallest absolute Gasteiger partial charge is 0.255 e. The van der Waals surface area contributed by atoms with Crippen LogP contribution >= 0.6 is 11.6 Å². The van der Waals surface area contributed by atoms with Crippen LogP contribution in [0.25, 0.3) is 0 Å². The third-order valence-electron chi connectivity index (χ3n) is 4.71. The van der Waals surface area contributed by atoms with Gasteiger partial charge in [0.05, 0.1) is 0 Å². The zero-order chi connectivity index (χ0) is 17.1. The van der Waals surface area contributed by atoms with Gasteiger partial charge in [0.25, 0.3) is 5.91 Å². The fourth-order valence-corrected chi connectivity index (χ4v) is 3.14. The van der Waals surface area contributed by atoms with Gasteiger partial charge in [-0.3, -0.25) is 4.79 Å². The average Bonchev–Trinajstić information content (AvgIpc) is 2.59. The largest absolute Gasteiger partial charge is 0.372 e. The van der Waals surface area contributed by atoms with Gasteiger partial charge < -0.3 is 10.2 Å². The molecule has 1 aliphatic rings. The average molecular weight is 343 g/mol. The summed E-state index contributed by atoms with van der Waals surface area (Å²) in [7, 11) is 0. The highest BCUT2D eigenvalue weighted by Crippen LogP contribution is 2.24. The first-order valence-electron chi connectivity index (χ1n) is 8.45. The topological polar surface area (TPSA) is 32.3 Å². The minimum Gasteiger partial charge on any atom is -0.372 e.